The minimum absolute atomic E-state index is 0.140. The molecule has 5 nitrogen and oxygen atoms in total. The summed E-state index contributed by atoms with van der Waals surface area (Å²) in [6.07, 6.45) is 6.02. The summed E-state index contributed by atoms with van der Waals surface area (Å²) in [7, 11) is 0. The molecule has 0 aromatic carbocycles. The van der Waals surface area contributed by atoms with Crippen LogP contribution in [0.1, 0.15) is 44.9 Å². The lowest BCUT2D eigenvalue weighted by Crippen LogP contribution is -2.55. The topological polar surface area (TPSA) is 77.8 Å². The highest BCUT2D eigenvalue weighted by Gasteiger charge is 2.45. The van der Waals surface area contributed by atoms with Crippen LogP contribution in [-0.4, -0.2) is 46.2 Å². The predicted molar refractivity (Wildman–Crippen MR) is 64.6 cm³/mol. The molecule has 0 bridgehead atoms. The number of piperidine rings is 1. The number of likely N-dealkylation sites (tertiary alicyclic amines) is 1. The molecule has 0 aromatic rings. The lowest BCUT2D eigenvalue weighted by molar-refractivity contribution is -0.160. The number of carbonyl (C=O) groups excluding carboxylic acids is 2. The maximum Gasteiger partial charge on any atom is 0.230 e. The minimum Gasteiger partial charge on any atom is -0.394 e. The molecule has 2 fully saturated rings. The van der Waals surface area contributed by atoms with Crippen molar-refractivity contribution in [2.75, 3.05) is 13.2 Å². The molecule has 1 heterocycles. The zero-order chi connectivity index (χ0) is 13.2. The Hall–Kier alpha value is -0.940. The van der Waals surface area contributed by atoms with Crippen LogP contribution in [0.2, 0.25) is 0 Å². The van der Waals surface area contributed by atoms with E-state index in [0.717, 1.165) is 30.6 Å². The molecule has 1 saturated carbocycles. The van der Waals surface area contributed by atoms with Crippen molar-refractivity contribution in [2.45, 2.75) is 51.0 Å². The number of aliphatic hydroxyl groups excluding tert-OH is 2. The van der Waals surface area contributed by atoms with Gasteiger partial charge in [-0.1, -0.05) is 19.3 Å². The quantitative estimate of drug-likeness (QED) is 0.717. The lowest BCUT2D eigenvalue weighted by Gasteiger charge is -2.43. The zero-order valence-electron chi connectivity index (χ0n) is 10.6. The van der Waals surface area contributed by atoms with Crippen molar-refractivity contribution in [2.24, 2.45) is 5.41 Å². The molecule has 5 heteroatoms. The monoisotopic (exact) mass is 255 g/mol. The van der Waals surface area contributed by atoms with Gasteiger partial charge < -0.3 is 10.2 Å². The summed E-state index contributed by atoms with van der Waals surface area (Å²) in [6, 6.07) is -0.772. The number of imide groups is 1. The number of carbonyl (C=O) groups is 2. The lowest BCUT2D eigenvalue weighted by atomic mass is 9.67. The van der Waals surface area contributed by atoms with Crippen LogP contribution in [0.15, 0.2) is 0 Å². The van der Waals surface area contributed by atoms with E-state index in [1.807, 2.05) is 0 Å². The third kappa shape index (κ3) is 2.42. The second kappa shape index (κ2) is 5.36. The van der Waals surface area contributed by atoms with Crippen LogP contribution in [-0.2, 0) is 9.59 Å². The van der Waals surface area contributed by atoms with Gasteiger partial charge in [-0.25, -0.2) is 0 Å². The van der Waals surface area contributed by atoms with Crippen LogP contribution in [0, 0.1) is 5.41 Å². The standard InChI is InChI=1S/C13H21NO4/c15-8-10(9-16)14-11(17)6-13(7-12(14)18)4-2-1-3-5-13/h10,15-16H,1-9H2. The van der Waals surface area contributed by atoms with Gasteiger partial charge in [0.1, 0.15) is 0 Å². The van der Waals surface area contributed by atoms with Gasteiger partial charge in [-0.05, 0) is 18.3 Å². The van der Waals surface area contributed by atoms with Gasteiger partial charge in [0.05, 0.1) is 19.3 Å². The zero-order valence-corrected chi connectivity index (χ0v) is 10.6. The van der Waals surface area contributed by atoms with Crippen molar-refractivity contribution in [1.82, 2.24) is 4.90 Å². The van der Waals surface area contributed by atoms with Crippen molar-refractivity contribution >= 4 is 11.8 Å². The van der Waals surface area contributed by atoms with E-state index >= 15 is 0 Å². The molecule has 2 N–H and O–H groups in total. The Bertz CT molecular complexity index is 312. The van der Waals surface area contributed by atoms with E-state index in [2.05, 4.69) is 0 Å². The van der Waals surface area contributed by atoms with Crippen molar-refractivity contribution in [1.29, 1.82) is 0 Å². The first-order chi connectivity index (χ1) is 8.62. The first-order valence-electron chi connectivity index (χ1n) is 6.68. The molecule has 18 heavy (non-hydrogen) atoms. The average Bonchev–Trinajstić information content (AvgIpc) is 2.34. The van der Waals surface area contributed by atoms with Gasteiger partial charge in [0.2, 0.25) is 11.8 Å². The summed E-state index contributed by atoms with van der Waals surface area (Å²) in [5.41, 5.74) is -0.140. The van der Waals surface area contributed by atoms with E-state index in [9.17, 15) is 9.59 Å². The van der Waals surface area contributed by atoms with Crippen LogP contribution in [0.25, 0.3) is 0 Å². The number of aliphatic hydroxyl groups is 2. The number of hydrogen-bond donors (Lipinski definition) is 2. The average molecular weight is 255 g/mol. The van der Waals surface area contributed by atoms with Gasteiger partial charge >= 0.3 is 0 Å². The molecule has 0 aromatic heterocycles. The Labute approximate surface area is 107 Å². The molecule has 0 atom stereocenters. The van der Waals surface area contributed by atoms with Crippen molar-refractivity contribution in [3.8, 4) is 0 Å². The van der Waals surface area contributed by atoms with Gasteiger partial charge in [0.15, 0.2) is 0 Å². The largest absolute Gasteiger partial charge is 0.394 e. The van der Waals surface area contributed by atoms with Crippen LogP contribution >= 0.6 is 0 Å². The summed E-state index contributed by atoms with van der Waals surface area (Å²) < 4.78 is 0. The number of amides is 2. The molecule has 2 rings (SSSR count). The summed E-state index contributed by atoms with van der Waals surface area (Å²) >= 11 is 0. The van der Waals surface area contributed by atoms with Crippen molar-refractivity contribution in [3.63, 3.8) is 0 Å². The Kier molecular flexibility index (Phi) is 4.02. The molecule has 0 unspecified atom stereocenters. The fraction of sp³-hybridized carbons (Fsp3) is 0.846. The summed E-state index contributed by atoms with van der Waals surface area (Å²) in [6.45, 7) is -0.748. The third-order valence-corrected chi connectivity index (χ3v) is 4.29. The van der Waals surface area contributed by atoms with Crippen LogP contribution in [0.5, 0.6) is 0 Å². The van der Waals surface area contributed by atoms with E-state index in [1.54, 1.807) is 0 Å². The number of nitrogens with zero attached hydrogens (tertiary/aromatic N) is 1. The SMILES string of the molecule is O=C1CC2(CCCCC2)CC(=O)N1C(CO)CO. The molecule has 1 spiro atoms. The van der Waals surface area contributed by atoms with Crippen molar-refractivity contribution in [3.05, 3.63) is 0 Å². The van der Waals surface area contributed by atoms with Gasteiger partial charge in [-0.15, -0.1) is 0 Å². The minimum atomic E-state index is -0.772. The maximum absolute atomic E-state index is 12.1. The van der Waals surface area contributed by atoms with Gasteiger partial charge in [0, 0.05) is 12.8 Å². The second-order valence-corrected chi connectivity index (χ2v) is 5.59. The molecular formula is C13H21NO4. The second-order valence-electron chi connectivity index (χ2n) is 5.59. The molecule has 1 aliphatic heterocycles. The molecular weight excluding hydrogens is 234 g/mol. The molecule has 2 aliphatic rings. The highest BCUT2D eigenvalue weighted by Crippen LogP contribution is 2.45. The molecule has 1 saturated heterocycles. The number of rotatable bonds is 3. The van der Waals surface area contributed by atoms with E-state index in [4.69, 9.17) is 10.2 Å². The predicted octanol–water partition coefficient (Wildman–Crippen LogP) is 0.439. The van der Waals surface area contributed by atoms with Gasteiger partial charge in [-0.2, -0.15) is 0 Å². The Morgan fingerprint density at radius 3 is 1.94 bits per heavy atom. The number of hydrogen-bond acceptors (Lipinski definition) is 4. The van der Waals surface area contributed by atoms with E-state index < -0.39 is 6.04 Å². The first kappa shape index (κ1) is 13.5. The normalized spacial score (nSPS) is 24.1. The Balaban J connectivity index is 2.12. The Morgan fingerprint density at radius 1 is 1.00 bits per heavy atom. The first-order valence-corrected chi connectivity index (χ1v) is 6.68. The van der Waals surface area contributed by atoms with E-state index in [1.165, 1.54) is 6.42 Å². The van der Waals surface area contributed by atoms with Crippen LogP contribution < -0.4 is 0 Å². The van der Waals surface area contributed by atoms with E-state index in [0.29, 0.717) is 12.8 Å². The summed E-state index contributed by atoms with van der Waals surface area (Å²) in [4.78, 5) is 25.3. The van der Waals surface area contributed by atoms with Gasteiger partial charge in [0.25, 0.3) is 0 Å². The molecule has 2 amide bonds. The van der Waals surface area contributed by atoms with Crippen LogP contribution in [0.4, 0.5) is 0 Å². The highest BCUT2D eigenvalue weighted by molar-refractivity contribution is 5.99. The third-order valence-electron chi connectivity index (χ3n) is 4.29. The fourth-order valence-electron chi connectivity index (χ4n) is 3.30. The molecule has 1 aliphatic carbocycles. The van der Waals surface area contributed by atoms with Gasteiger partial charge in [-0.3, -0.25) is 14.5 Å². The van der Waals surface area contributed by atoms with Crippen LogP contribution in [0.3, 0.4) is 0 Å². The van der Waals surface area contributed by atoms with E-state index in [-0.39, 0.29) is 30.4 Å². The fourth-order valence-corrected chi connectivity index (χ4v) is 3.30. The maximum atomic E-state index is 12.1. The molecule has 0 radical (unpaired) electrons. The smallest absolute Gasteiger partial charge is 0.230 e. The highest BCUT2D eigenvalue weighted by atomic mass is 16.3. The Morgan fingerprint density at radius 2 is 1.50 bits per heavy atom. The summed E-state index contributed by atoms with van der Waals surface area (Å²) in [5, 5.41) is 18.2. The summed E-state index contributed by atoms with van der Waals surface area (Å²) in [5.74, 6) is -0.470. The molecule has 102 valence electrons. The van der Waals surface area contributed by atoms with Crippen molar-refractivity contribution < 1.29 is 19.8 Å².